The molecule has 3 aromatic rings. The Morgan fingerprint density at radius 2 is 1.49 bits per heavy atom. The molecule has 0 radical (unpaired) electrons. The maximum atomic E-state index is 11.8. The van der Waals surface area contributed by atoms with Crippen molar-refractivity contribution in [3.8, 4) is 23.0 Å². The van der Waals surface area contributed by atoms with E-state index in [1.165, 1.54) is 13.8 Å². The standard InChI is InChI=1S/C29H32O6/c1-4-9-24-20-27(35-26-10-6-5-7-11-26)16-17-28(24)33-19-8-18-32-25-14-12-23(13-15-25)29(21(2)30)34-22(3)31/h5-7,10-17,20,29H,4,8-9,18-19H2,1-3H3. The highest BCUT2D eigenvalue weighted by atomic mass is 16.5. The first-order valence-corrected chi connectivity index (χ1v) is 11.9. The zero-order chi connectivity index (χ0) is 25.0. The first-order chi connectivity index (χ1) is 17.0. The predicted octanol–water partition coefficient (Wildman–Crippen LogP) is 6.47. The number of para-hydroxylation sites is 1. The van der Waals surface area contributed by atoms with Crippen molar-refractivity contribution in [3.05, 3.63) is 83.9 Å². The van der Waals surface area contributed by atoms with Crippen molar-refractivity contribution in [2.24, 2.45) is 0 Å². The van der Waals surface area contributed by atoms with Crippen LogP contribution in [0.4, 0.5) is 0 Å². The monoisotopic (exact) mass is 476 g/mol. The minimum Gasteiger partial charge on any atom is -0.493 e. The summed E-state index contributed by atoms with van der Waals surface area (Å²) in [7, 11) is 0. The fourth-order valence-corrected chi connectivity index (χ4v) is 3.57. The van der Waals surface area contributed by atoms with Gasteiger partial charge in [0.15, 0.2) is 11.9 Å². The van der Waals surface area contributed by atoms with Gasteiger partial charge in [0.05, 0.1) is 13.2 Å². The molecule has 35 heavy (non-hydrogen) atoms. The molecule has 3 rings (SSSR count). The van der Waals surface area contributed by atoms with E-state index in [-0.39, 0.29) is 5.78 Å². The van der Waals surface area contributed by atoms with Gasteiger partial charge in [-0.15, -0.1) is 0 Å². The van der Waals surface area contributed by atoms with E-state index in [9.17, 15) is 9.59 Å². The highest BCUT2D eigenvalue weighted by molar-refractivity contribution is 5.84. The Labute approximate surface area is 206 Å². The maximum absolute atomic E-state index is 11.8. The van der Waals surface area contributed by atoms with Gasteiger partial charge in [0.25, 0.3) is 0 Å². The maximum Gasteiger partial charge on any atom is 0.303 e. The molecule has 6 heteroatoms. The molecular formula is C29H32O6. The number of esters is 1. The van der Waals surface area contributed by atoms with Crippen LogP contribution in [0.25, 0.3) is 0 Å². The average molecular weight is 477 g/mol. The molecule has 3 aromatic carbocycles. The summed E-state index contributed by atoms with van der Waals surface area (Å²) in [6.07, 6.45) is 1.72. The van der Waals surface area contributed by atoms with Crippen molar-refractivity contribution in [1.82, 2.24) is 0 Å². The Morgan fingerprint density at radius 1 is 0.800 bits per heavy atom. The molecule has 0 N–H and O–H groups in total. The Balaban J connectivity index is 1.48. The van der Waals surface area contributed by atoms with E-state index in [1.807, 2.05) is 48.5 Å². The molecule has 0 saturated carbocycles. The van der Waals surface area contributed by atoms with Crippen LogP contribution < -0.4 is 14.2 Å². The van der Waals surface area contributed by atoms with Crippen molar-refractivity contribution < 1.29 is 28.5 Å². The number of ether oxygens (including phenoxy) is 4. The predicted molar refractivity (Wildman–Crippen MR) is 134 cm³/mol. The summed E-state index contributed by atoms with van der Waals surface area (Å²) >= 11 is 0. The lowest BCUT2D eigenvalue weighted by atomic mass is 10.1. The van der Waals surface area contributed by atoms with Crippen LogP contribution in [0.2, 0.25) is 0 Å². The summed E-state index contributed by atoms with van der Waals surface area (Å²) in [4.78, 5) is 23.0. The quantitative estimate of drug-likeness (QED) is 0.208. The van der Waals surface area contributed by atoms with Gasteiger partial charge in [-0.25, -0.2) is 0 Å². The first-order valence-electron chi connectivity index (χ1n) is 11.9. The van der Waals surface area contributed by atoms with Crippen molar-refractivity contribution in [2.45, 2.75) is 46.1 Å². The Bertz CT molecular complexity index is 1090. The lowest BCUT2D eigenvalue weighted by Gasteiger charge is -2.15. The molecule has 0 heterocycles. The number of rotatable bonds is 13. The SMILES string of the molecule is CCCc1cc(Oc2ccccc2)ccc1OCCCOc1ccc(C(OC(C)=O)C(C)=O)cc1. The number of ketones is 1. The molecule has 0 aliphatic heterocycles. The van der Waals surface area contributed by atoms with Crippen molar-refractivity contribution in [1.29, 1.82) is 0 Å². The Kier molecular flexibility index (Phi) is 9.72. The molecule has 0 bridgehead atoms. The topological polar surface area (TPSA) is 71.1 Å². The number of hydrogen-bond acceptors (Lipinski definition) is 6. The Morgan fingerprint density at radius 3 is 2.14 bits per heavy atom. The highest BCUT2D eigenvalue weighted by Gasteiger charge is 2.19. The fraction of sp³-hybridized carbons (Fsp3) is 0.310. The normalized spacial score (nSPS) is 11.4. The van der Waals surface area contributed by atoms with E-state index in [0.717, 1.165) is 35.7 Å². The molecular weight excluding hydrogens is 444 g/mol. The van der Waals surface area contributed by atoms with Gasteiger partial charge in [-0.1, -0.05) is 43.7 Å². The number of carbonyl (C=O) groups excluding carboxylic acids is 2. The lowest BCUT2D eigenvalue weighted by Crippen LogP contribution is -2.15. The largest absolute Gasteiger partial charge is 0.493 e. The summed E-state index contributed by atoms with van der Waals surface area (Å²) < 4.78 is 22.9. The van der Waals surface area contributed by atoms with E-state index in [2.05, 4.69) is 6.92 Å². The number of hydrogen-bond donors (Lipinski definition) is 0. The van der Waals surface area contributed by atoms with Crippen LogP contribution >= 0.6 is 0 Å². The summed E-state index contributed by atoms with van der Waals surface area (Å²) in [6.45, 7) is 5.82. The third kappa shape index (κ3) is 8.18. The minimum atomic E-state index is -0.892. The summed E-state index contributed by atoms with van der Waals surface area (Å²) in [5.74, 6) is 2.40. The van der Waals surface area contributed by atoms with E-state index in [0.29, 0.717) is 30.9 Å². The second-order valence-corrected chi connectivity index (χ2v) is 8.15. The number of carbonyl (C=O) groups is 2. The molecule has 0 aromatic heterocycles. The first kappa shape index (κ1) is 25.8. The van der Waals surface area contributed by atoms with Gasteiger partial charge in [-0.3, -0.25) is 9.59 Å². The van der Waals surface area contributed by atoms with Gasteiger partial charge in [0.1, 0.15) is 23.0 Å². The summed E-state index contributed by atoms with van der Waals surface area (Å²) in [5.41, 5.74) is 1.73. The van der Waals surface area contributed by atoms with Gasteiger partial charge >= 0.3 is 5.97 Å². The average Bonchev–Trinajstić information content (AvgIpc) is 2.84. The minimum absolute atomic E-state index is 0.229. The van der Waals surface area contributed by atoms with E-state index in [4.69, 9.17) is 18.9 Å². The third-order valence-electron chi connectivity index (χ3n) is 5.18. The van der Waals surface area contributed by atoms with Crippen LogP contribution in [-0.4, -0.2) is 25.0 Å². The van der Waals surface area contributed by atoms with Crippen LogP contribution in [-0.2, 0) is 20.7 Å². The molecule has 184 valence electrons. The van der Waals surface area contributed by atoms with Crippen LogP contribution in [0.15, 0.2) is 72.8 Å². The molecule has 0 aliphatic carbocycles. The molecule has 1 atom stereocenters. The molecule has 0 aliphatic rings. The molecule has 0 saturated heterocycles. The number of Topliss-reactive ketones (excluding diaryl/α,β-unsaturated/α-hetero) is 1. The molecule has 6 nitrogen and oxygen atoms in total. The van der Waals surface area contributed by atoms with E-state index < -0.39 is 12.1 Å². The van der Waals surface area contributed by atoms with Crippen molar-refractivity contribution >= 4 is 11.8 Å². The smallest absolute Gasteiger partial charge is 0.303 e. The lowest BCUT2D eigenvalue weighted by molar-refractivity contribution is -0.152. The van der Waals surface area contributed by atoms with Crippen LogP contribution in [0.1, 0.15) is 50.8 Å². The Hall–Kier alpha value is -3.80. The molecule has 1 unspecified atom stereocenters. The zero-order valence-electron chi connectivity index (χ0n) is 20.5. The second-order valence-electron chi connectivity index (χ2n) is 8.15. The molecule has 0 amide bonds. The van der Waals surface area contributed by atoms with Gasteiger partial charge < -0.3 is 18.9 Å². The zero-order valence-corrected chi connectivity index (χ0v) is 20.5. The van der Waals surface area contributed by atoms with Crippen molar-refractivity contribution in [2.75, 3.05) is 13.2 Å². The fourth-order valence-electron chi connectivity index (χ4n) is 3.57. The summed E-state index contributed by atoms with van der Waals surface area (Å²) in [5, 5.41) is 0. The van der Waals surface area contributed by atoms with Gasteiger partial charge in [0.2, 0.25) is 0 Å². The summed E-state index contributed by atoms with van der Waals surface area (Å²) in [6, 6.07) is 22.6. The van der Waals surface area contributed by atoms with E-state index >= 15 is 0 Å². The van der Waals surface area contributed by atoms with Crippen LogP contribution in [0.5, 0.6) is 23.0 Å². The second kappa shape index (κ2) is 13.2. The van der Waals surface area contributed by atoms with Gasteiger partial charge in [-0.05, 0) is 61.4 Å². The highest BCUT2D eigenvalue weighted by Crippen LogP contribution is 2.29. The number of benzene rings is 3. The van der Waals surface area contributed by atoms with E-state index in [1.54, 1.807) is 24.3 Å². The number of aryl methyl sites for hydroxylation is 1. The van der Waals surface area contributed by atoms with Crippen molar-refractivity contribution in [3.63, 3.8) is 0 Å². The van der Waals surface area contributed by atoms with Gasteiger partial charge in [0, 0.05) is 18.9 Å². The van der Waals surface area contributed by atoms with Crippen LogP contribution in [0, 0.1) is 0 Å². The molecule has 0 fully saturated rings. The molecule has 0 spiro atoms. The van der Waals surface area contributed by atoms with Gasteiger partial charge in [-0.2, -0.15) is 0 Å². The van der Waals surface area contributed by atoms with Crippen LogP contribution in [0.3, 0.4) is 0 Å². The third-order valence-corrected chi connectivity index (χ3v) is 5.18.